The Morgan fingerprint density at radius 2 is 2.21 bits per heavy atom. The highest BCUT2D eigenvalue weighted by atomic mass is 16.5. The van der Waals surface area contributed by atoms with Crippen molar-refractivity contribution in [2.45, 2.75) is 6.42 Å². The molecular formula is C13H16N2O4. The molecule has 0 radical (unpaired) electrons. The van der Waals surface area contributed by atoms with Crippen molar-refractivity contribution in [3.05, 3.63) is 29.6 Å². The van der Waals surface area contributed by atoms with Gasteiger partial charge in [-0.25, -0.2) is 9.78 Å². The Kier molecular flexibility index (Phi) is 4.11. The fraction of sp³-hybridized carbons (Fsp3) is 0.462. The minimum absolute atomic E-state index is 0.113. The van der Waals surface area contributed by atoms with Crippen LogP contribution < -0.4 is 0 Å². The van der Waals surface area contributed by atoms with Crippen molar-refractivity contribution in [3.8, 4) is 0 Å². The van der Waals surface area contributed by atoms with Crippen LogP contribution in [0.5, 0.6) is 0 Å². The van der Waals surface area contributed by atoms with Gasteiger partial charge in [0.1, 0.15) is 11.4 Å². The van der Waals surface area contributed by atoms with Gasteiger partial charge in [0.2, 0.25) is 0 Å². The summed E-state index contributed by atoms with van der Waals surface area (Å²) in [6, 6.07) is 4.45. The van der Waals surface area contributed by atoms with Crippen LogP contribution in [0.4, 0.5) is 0 Å². The second-order valence-corrected chi connectivity index (χ2v) is 4.57. The number of hydrogen-bond donors (Lipinski definition) is 1. The Balaban J connectivity index is 2.08. The van der Waals surface area contributed by atoms with E-state index in [0.717, 1.165) is 6.42 Å². The van der Waals surface area contributed by atoms with Crippen molar-refractivity contribution in [1.29, 1.82) is 0 Å². The van der Waals surface area contributed by atoms with Crippen molar-refractivity contribution in [2.75, 3.05) is 26.8 Å². The summed E-state index contributed by atoms with van der Waals surface area (Å²) in [4.78, 5) is 28.6. The monoisotopic (exact) mass is 264 g/mol. The molecule has 1 unspecified atom stereocenters. The van der Waals surface area contributed by atoms with E-state index in [1.165, 1.54) is 12.1 Å². The van der Waals surface area contributed by atoms with E-state index in [4.69, 9.17) is 9.84 Å². The van der Waals surface area contributed by atoms with E-state index in [2.05, 4.69) is 4.98 Å². The Bertz CT molecular complexity index is 489. The predicted molar refractivity (Wildman–Crippen MR) is 67.1 cm³/mol. The van der Waals surface area contributed by atoms with Crippen LogP contribution in [-0.2, 0) is 4.74 Å². The Hall–Kier alpha value is -1.95. The summed E-state index contributed by atoms with van der Waals surface area (Å²) in [6.07, 6.45) is 0.901. The molecule has 1 amide bonds. The molecule has 1 saturated heterocycles. The first-order valence-electron chi connectivity index (χ1n) is 6.10. The third-order valence-electron chi connectivity index (χ3n) is 3.16. The number of carbonyl (C=O) groups is 2. The number of aromatic carboxylic acids is 1. The van der Waals surface area contributed by atoms with Gasteiger partial charge in [-0.15, -0.1) is 0 Å². The molecule has 102 valence electrons. The number of carboxylic acid groups (broad SMARTS) is 1. The molecule has 2 rings (SSSR count). The number of pyridine rings is 1. The average Bonchev–Trinajstić information content (AvgIpc) is 2.87. The molecule has 0 aliphatic carbocycles. The van der Waals surface area contributed by atoms with Gasteiger partial charge in [0.15, 0.2) is 0 Å². The highest BCUT2D eigenvalue weighted by Gasteiger charge is 2.27. The number of ether oxygens (including phenoxy) is 1. The summed E-state index contributed by atoms with van der Waals surface area (Å²) >= 11 is 0. The third kappa shape index (κ3) is 3.08. The maximum Gasteiger partial charge on any atom is 0.354 e. The van der Waals surface area contributed by atoms with Crippen LogP contribution in [0, 0.1) is 5.92 Å². The third-order valence-corrected chi connectivity index (χ3v) is 3.16. The lowest BCUT2D eigenvalue weighted by atomic mass is 10.1. The van der Waals surface area contributed by atoms with Crippen molar-refractivity contribution in [3.63, 3.8) is 0 Å². The molecule has 6 heteroatoms. The molecule has 1 aliphatic rings. The lowest BCUT2D eigenvalue weighted by Crippen LogP contribution is -2.30. The van der Waals surface area contributed by atoms with Crippen molar-refractivity contribution >= 4 is 11.9 Å². The largest absolute Gasteiger partial charge is 0.477 e. The van der Waals surface area contributed by atoms with Crippen molar-refractivity contribution in [2.24, 2.45) is 5.92 Å². The molecule has 6 nitrogen and oxygen atoms in total. The van der Waals surface area contributed by atoms with E-state index in [1.807, 2.05) is 0 Å². The lowest BCUT2D eigenvalue weighted by Gasteiger charge is -2.16. The van der Waals surface area contributed by atoms with E-state index in [0.29, 0.717) is 25.6 Å². The SMILES string of the molecule is COCC1CCN(C(=O)c2cccc(C(=O)O)n2)C1. The standard InChI is InChI=1S/C13H16N2O4/c1-19-8-9-5-6-15(7-9)12(16)10-3-2-4-11(14-10)13(17)18/h2-4,9H,5-8H2,1H3,(H,17,18). The zero-order valence-corrected chi connectivity index (χ0v) is 10.7. The lowest BCUT2D eigenvalue weighted by molar-refractivity contribution is 0.0690. The molecule has 0 bridgehead atoms. The quantitative estimate of drug-likeness (QED) is 0.873. The minimum atomic E-state index is -1.13. The van der Waals surface area contributed by atoms with Gasteiger partial charge in [-0.2, -0.15) is 0 Å². The number of nitrogens with zero attached hydrogens (tertiary/aromatic N) is 2. The van der Waals surface area contributed by atoms with Crippen LogP contribution in [0.15, 0.2) is 18.2 Å². The van der Waals surface area contributed by atoms with E-state index < -0.39 is 5.97 Å². The molecule has 2 heterocycles. The molecular weight excluding hydrogens is 248 g/mol. The van der Waals surface area contributed by atoms with Crippen LogP contribution in [0.3, 0.4) is 0 Å². The van der Waals surface area contributed by atoms with Crippen molar-refractivity contribution < 1.29 is 19.4 Å². The van der Waals surface area contributed by atoms with Gasteiger partial charge in [0.05, 0.1) is 6.61 Å². The van der Waals surface area contributed by atoms with Crippen LogP contribution in [-0.4, -0.2) is 53.7 Å². The number of carboxylic acids is 1. The van der Waals surface area contributed by atoms with Gasteiger partial charge in [-0.05, 0) is 18.6 Å². The van der Waals surface area contributed by atoms with E-state index in [-0.39, 0.29) is 17.3 Å². The summed E-state index contributed by atoms with van der Waals surface area (Å²) in [7, 11) is 1.64. The van der Waals surface area contributed by atoms with Gasteiger partial charge < -0.3 is 14.7 Å². The zero-order valence-electron chi connectivity index (χ0n) is 10.7. The van der Waals surface area contributed by atoms with Crippen LogP contribution in [0.2, 0.25) is 0 Å². The number of amides is 1. The molecule has 1 N–H and O–H groups in total. The fourth-order valence-electron chi connectivity index (χ4n) is 2.22. The van der Waals surface area contributed by atoms with Crippen LogP contribution in [0.1, 0.15) is 27.4 Å². The van der Waals surface area contributed by atoms with Crippen LogP contribution >= 0.6 is 0 Å². The van der Waals surface area contributed by atoms with E-state index in [1.54, 1.807) is 18.1 Å². The van der Waals surface area contributed by atoms with Gasteiger partial charge in [-0.1, -0.05) is 6.07 Å². The summed E-state index contributed by atoms with van der Waals surface area (Å²) < 4.78 is 5.08. The molecule has 1 fully saturated rings. The Labute approximate surface area is 111 Å². The molecule has 0 aromatic carbocycles. The van der Waals surface area contributed by atoms with E-state index >= 15 is 0 Å². The summed E-state index contributed by atoms with van der Waals surface area (Å²) in [6.45, 7) is 1.92. The predicted octanol–water partition coefficient (Wildman–Crippen LogP) is 0.888. The van der Waals surface area contributed by atoms with Gasteiger partial charge >= 0.3 is 5.97 Å². The number of methoxy groups -OCH3 is 1. The molecule has 1 aliphatic heterocycles. The first-order valence-corrected chi connectivity index (χ1v) is 6.10. The second kappa shape index (κ2) is 5.79. The molecule has 1 atom stereocenters. The van der Waals surface area contributed by atoms with Crippen molar-refractivity contribution in [1.82, 2.24) is 9.88 Å². The normalized spacial score (nSPS) is 18.6. The average molecular weight is 264 g/mol. The number of hydrogen-bond acceptors (Lipinski definition) is 4. The summed E-state index contributed by atoms with van der Waals surface area (Å²) in [5, 5.41) is 8.86. The first kappa shape index (κ1) is 13.5. The smallest absolute Gasteiger partial charge is 0.354 e. The van der Waals surface area contributed by atoms with Gasteiger partial charge in [0.25, 0.3) is 5.91 Å². The maximum atomic E-state index is 12.2. The number of aromatic nitrogens is 1. The highest BCUT2D eigenvalue weighted by Crippen LogP contribution is 2.18. The maximum absolute atomic E-state index is 12.2. The van der Waals surface area contributed by atoms with Gasteiger partial charge in [-0.3, -0.25) is 4.79 Å². The second-order valence-electron chi connectivity index (χ2n) is 4.57. The Morgan fingerprint density at radius 3 is 2.89 bits per heavy atom. The molecule has 19 heavy (non-hydrogen) atoms. The number of likely N-dealkylation sites (tertiary alicyclic amines) is 1. The molecule has 0 saturated carbocycles. The number of carbonyl (C=O) groups excluding carboxylic acids is 1. The molecule has 0 spiro atoms. The topological polar surface area (TPSA) is 79.7 Å². The van der Waals surface area contributed by atoms with E-state index in [9.17, 15) is 9.59 Å². The van der Waals surface area contributed by atoms with Crippen LogP contribution in [0.25, 0.3) is 0 Å². The minimum Gasteiger partial charge on any atom is -0.477 e. The summed E-state index contributed by atoms with van der Waals surface area (Å²) in [5.74, 6) is -1.01. The molecule has 1 aromatic heterocycles. The molecule has 1 aromatic rings. The first-order chi connectivity index (χ1) is 9.11. The zero-order chi connectivity index (χ0) is 13.8. The number of rotatable bonds is 4. The summed E-state index contributed by atoms with van der Waals surface area (Å²) in [5.41, 5.74) is 0.0662. The van der Waals surface area contributed by atoms with Gasteiger partial charge in [0, 0.05) is 26.1 Å². The highest BCUT2D eigenvalue weighted by molar-refractivity contribution is 5.94. The fourth-order valence-corrected chi connectivity index (χ4v) is 2.22. The Morgan fingerprint density at radius 1 is 1.47 bits per heavy atom.